The lowest BCUT2D eigenvalue weighted by Gasteiger charge is -2.30. The largest absolute Gasteiger partial charge is 0.481 e. The quantitative estimate of drug-likeness (QED) is 0.524. The van der Waals surface area contributed by atoms with E-state index in [1.807, 2.05) is 12.2 Å². The molecule has 0 aliphatic carbocycles. The van der Waals surface area contributed by atoms with Crippen LogP contribution in [0.5, 0.6) is 0 Å². The number of carbonyl (C=O) groups is 1. The van der Waals surface area contributed by atoms with Gasteiger partial charge in [0.1, 0.15) is 0 Å². The molecule has 0 heterocycles. The van der Waals surface area contributed by atoms with E-state index >= 15 is 0 Å². The normalized spacial score (nSPS) is 13.8. The molecule has 1 N–H and O–H groups in total. The van der Waals surface area contributed by atoms with Gasteiger partial charge in [0.2, 0.25) is 0 Å². The number of carboxylic acids is 1. The van der Waals surface area contributed by atoms with Crippen molar-refractivity contribution >= 4 is 11.5 Å². The van der Waals surface area contributed by atoms with Crippen LogP contribution in [-0.4, -0.2) is 11.1 Å². The van der Waals surface area contributed by atoms with E-state index in [1.54, 1.807) is 0 Å². The molecule has 1 atom stereocenters. The van der Waals surface area contributed by atoms with Crippen LogP contribution >= 0.6 is 0 Å². The van der Waals surface area contributed by atoms with Gasteiger partial charge in [0.15, 0.2) is 0 Å². The van der Waals surface area contributed by atoms with E-state index in [1.165, 1.54) is 27.8 Å². The first-order valence-corrected chi connectivity index (χ1v) is 9.62. The number of allylic oxidation sites excluding steroid dienone is 3. The number of rotatable bonds is 9. The molecule has 2 aromatic carbocycles. The van der Waals surface area contributed by atoms with Crippen LogP contribution in [0.2, 0.25) is 0 Å². The van der Waals surface area contributed by atoms with Crippen LogP contribution in [0.3, 0.4) is 0 Å². The maximum atomic E-state index is 10.7. The molecule has 0 fully saturated rings. The van der Waals surface area contributed by atoms with Gasteiger partial charge in [0.05, 0.1) is 0 Å². The van der Waals surface area contributed by atoms with Gasteiger partial charge in [-0.3, -0.25) is 4.79 Å². The highest BCUT2D eigenvalue weighted by Gasteiger charge is 2.26. The van der Waals surface area contributed by atoms with Gasteiger partial charge in [-0.2, -0.15) is 0 Å². The predicted molar refractivity (Wildman–Crippen MR) is 114 cm³/mol. The average molecular weight is 363 g/mol. The molecule has 1 unspecified atom stereocenters. The molecular formula is C25H30O2. The van der Waals surface area contributed by atoms with Crippen LogP contribution in [0.4, 0.5) is 0 Å². The summed E-state index contributed by atoms with van der Waals surface area (Å²) in [4.78, 5) is 10.7. The lowest BCUT2D eigenvalue weighted by Crippen LogP contribution is -2.22. The number of hydrogen-bond acceptors (Lipinski definition) is 1. The van der Waals surface area contributed by atoms with Crippen LogP contribution in [-0.2, 0) is 16.6 Å². The third kappa shape index (κ3) is 5.19. The van der Waals surface area contributed by atoms with Crippen LogP contribution in [0.15, 0.2) is 67.3 Å². The van der Waals surface area contributed by atoms with Gasteiger partial charge in [0, 0.05) is 11.8 Å². The Morgan fingerprint density at radius 2 is 1.63 bits per heavy atom. The highest BCUT2D eigenvalue weighted by molar-refractivity contribution is 5.66. The van der Waals surface area contributed by atoms with E-state index in [0.717, 1.165) is 12.8 Å². The van der Waals surface area contributed by atoms with Crippen molar-refractivity contribution in [1.29, 1.82) is 0 Å². The Kier molecular flexibility index (Phi) is 7.18. The topological polar surface area (TPSA) is 37.3 Å². The van der Waals surface area contributed by atoms with Crippen molar-refractivity contribution in [3.8, 4) is 0 Å². The summed E-state index contributed by atoms with van der Waals surface area (Å²) in [5, 5.41) is 8.78. The SMILES string of the molecule is C=C/C=C(\C)c1ccc(C(C)(CC)c2ccc(CCCC(=O)O)cc2)cc1. The van der Waals surface area contributed by atoms with Crippen LogP contribution < -0.4 is 0 Å². The second kappa shape index (κ2) is 9.36. The number of aliphatic carboxylic acids is 1. The summed E-state index contributed by atoms with van der Waals surface area (Å²) in [6, 6.07) is 17.5. The van der Waals surface area contributed by atoms with E-state index in [-0.39, 0.29) is 11.8 Å². The van der Waals surface area contributed by atoms with Crippen molar-refractivity contribution in [3.05, 3.63) is 89.5 Å². The second-order valence-electron chi connectivity index (χ2n) is 7.29. The minimum atomic E-state index is -0.730. The molecule has 0 saturated heterocycles. The average Bonchev–Trinajstić information content (AvgIpc) is 2.68. The maximum absolute atomic E-state index is 10.7. The molecule has 0 saturated carbocycles. The van der Waals surface area contributed by atoms with E-state index in [4.69, 9.17) is 5.11 Å². The third-order valence-electron chi connectivity index (χ3n) is 5.50. The highest BCUT2D eigenvalue weighted by Crippen LogP contribution is 2.36. The smallest absolute Gasteiger partial charge is 0.303 e. The van der Waals surface area contributed by atoms with Gasteiger partial charge >= 0.3 is 5.97 Å². The molecule has 0 aliphatic rings. The molecule has 0 spiro atoms. The summed E-state index contributed by atoms with van der Waals surface area (Å²) in [7, 11) is 0. The zero-order chi connectivity index (χ0) is 19.9. The molecule has 27 heavy (non-hydrogen) atoms. The second-order valence-corrected chi connectivity index (χ2v) is 7.29. The van der Waals surface area contributed by atoms with Gasteiger partial charge in [0.25, 0.3) is 0 Å². The molecule has 142 valence electrons. The number of benzene rings is 2. The molecule has 2 nitrogen and oxygen atoms in total. The summed E-state index contributed by atoms with van der Waals surface area (Å²) >= 11 is 0. The fourth-order valence-electron chi connectivity index (χ4n) is 3.43. The Bertz CT molecular complexity index is 797. The van der Waals surface area contributed by atoms with Crippen LogP contribution in [0.25, 0.3) is 5.57 Å². The van der Waals surface area contributed by atoms with E-state index in [2.05, 4.69) is 75.9 Å². The van der Waals surface area contributed by atoms with Gasteiger partial charge in [-0.15, -0.1) is 0 Å². The molecule has 2 rings (SSSR count). The first-order chi connectivity index (χ1) is 12.9. The van der Waals surface area contributed by atoms with E-state index in [0.29, 0.717) is 6.42 Å². The number of aryl methyl sites for hydroxylation is 1. The Labute approximate surface area is 163 Å². The lowest BCUT2D eigenvalue weighted by atomic mass is 9.74. The standard InChI is InChI=1S/C25H30O2/c1-5-8-19(3)21-13-17-23(18-14-21)25(4,6-2)22-15-11-20(12-16-22)9-7-10-24(26)27/h5,8,11-18H,1,6-7,9-10H2,2-4H3,(H,26,27)/b19-8+. The molecule has 2 heteroatoms. The van der Waals surface area contributed by atoms with Crippen LogP contribution in [0, 0.1) is 0 Å². The van der Waals surface area contributed by atoms with Gasteiger partial charge < -0.3 is 5.11 Å². The van der Waals surface area contributed by atoms with Crippen molar-refractivity contribution in [2.75, 3.05) is 0 Å². The van der Waals surface area contributed by atoms with Gasteiger partial charge in [-0.1, -0.05) is 81.1 Å². The summed E-state index contributed by atoms with van der Waals surface area (Å²) in [5.41, 5.74) is 6.16. The molecule has 0 aliphatic heterocycles. The van der Waals surface area contributed by atoms with Crippen molar-refractivity contribution in [1.82, 2.24) is 0 Å². The summed E-state index contributed by atoms with van der Waals surface area (Å²) < 4.78 is 0. The minimum Gasteiger partial charge on any atom is -0.481 e. The molecular weight excluding hydrogens is 332 g/mol. The van der Waals surface area contributed by atoms with Crippen molar-refractivity contribution in [2.24, 2.45) is 0 Å². The van der Waals surface area contributed by atoms with E-state index in [9.17, 15) is 4.79 Å². The molecule has 0 amide bonds. The molecule has 2 aromatic rings. The third-order valence-corrected chi connectivity index (χ3v) is 5.50. The Morgan fingerprint density at radius 3 is 2.11 bits per heavy atom. The number of hydrogen-bond donors (Lipinski definition) is 1. The first kappa shape index (κ1) is 20.7. The minimum absolute atomic E-state index is 0.0474. The molecule has 0 radical (unpaired) electrons. The highest BCUT2D eigenvalue weighted by atomic mass is 16.4. The predicted octanol–water partition coefficient (Wildman–Crippen LogP) is 6.40. The molecule has 0 aromatic heterocycles. The van der Waals surface area contributed by atoms with Crippen molar-refractivity contribution in [3.63, 3.8) is 0 Å². The number of carboxylic acid groups (broad SMARTS) is 1. The summed E-state index contributed by atoms with van der Waals surface area (Å²) in [5.74, 6) is -0.730. The Morgan fingerprint density at radius 1 is 1.07 bits per heavy atom. The monoisotopic (exact) mass is 362 g/mol. The van der Waals surface area contributed by atoms with Gasteiger partial charge in [-0.05, 0) is 54.0 Å². The Hall–Kier alpha value is -2.61. The van der Waals surface area contributed by atoms with Crippen molar-refractivity contribution in [2.45, 2.75) is 51.9 Å². The zero-order valence-corrected chi connectivity index (χ0v) is 16.7. The van der Waals surface area contributed by atoms with Crippen molar-refractivity contribution < 1.29 is 9.90 Å². The fourth-order valence-corrected chi connectivity index (χ4v) is 3.43. The Balaban J connectivity index is 2.21. The summed E-state index contributed by atoms with van der Waals surface area (Å²) in [6.07, 6.45) is 6.55. The van der Waals surface area contributed by atoms with Crippen LogP contribution in [0.1, 0.15) is 62.3 Å². The van der Waals surface area contributed by atoms with E-state index < -0.39 is 5.97 Å². The first-order valence-electron chi connectivity index (χ1n) is 9.62. The lowest BCUT2D eigenvalue weighted by molar-refractivity contribution is -0.137. The molecule has 0 bridgehead atoms. The zero-order valence-electron chi connectivity index (χ0n) is 16.7. The fraction of sp³-hybridized carbons (Fsp3) is 0.320. The summed E-state index contributed by atoms with van der Waals surface area (Å²) in [6.45, 7) is 10.4. The van der Waals surface area contributed by atoms with Gasteiger partial charge in [-0.25, -0.2) is 0 Å². The maximum Gasteiger partial charge on any atom is 0.303 e.